The number of esters is 1. The zero-order valence-electron chi connectivity index (χ0n) is 11.0. The Morgan fingerprint density at radius 1 is 1.50 bits per heavy atom. The van der Waals surface area contributed by atoms with Crippen molar-refractivity contribution in [2.75, 3.05) is 12.4 Å². The van der Waals surface area contributed by atoms with Crippen LogP contribution in [0.1, 0.15) is 21.7 Å². The van der Waals surface area contributed by atoms with Crippen LogP contribution in [0, 0.1) is 12.7 Å². The van der Waals surface area contributed by atoms with Crippen LogP contribution < -0.4 is 5.32 Å². The van der Waals surface area contributed by atoms with Crippen LogP contribution in [0.4, 0.5) is 10.1 Å². The molecule has 0 aliphatic rings. The third-order valence-corrected chi connectivity index (χ3v) is 3.46. The first-order valence-corrected chi connectivity index (χ1v) is 6.66. The van der Waals surface area contributed by atoms with Crippen molar-refractivity contribution in [2.24, 2.45) is 0 Å². The van der Waals surface area contributed by atoms with E-state index in [1.165, 1.54) is 19.4 Å². The molecule has 4 nitrogen and oxygen atoms in total. The molecule has 0 bridgehead atoms. The van der Waals surface area contributed by atoms with Gasteiger partial charge in [0, 0.05) is 17.8 Å². The maximum absolute atomic E-state index is 13.3. The van der Waals surface area contributed by atoms with Gasteiger partial charge >= 0.3 is 5.97 Å². The van der Waals surface area contributed by atoms with Crippen LogP contribution >= 0.6 is 15.9 Å². The lowest BCUT2D eigenvalue weighted by atomic mass is 10.2. The summed E-state index contributed by atoms with van der Waals surface area (Å²) in [5, 5.41) is 3.14. The minimum atomic E-state index is -0.524. The molecule has 20 heavy (non-hydrogen) atoms. The van der Waals surface area contributed by atoms with E-state index < -0.39 is 5.97 Å². The number of methoxy groups -OCH3 is 1. The molecule has 0 aliphatic heterocycles. The summed E-state index contributed by atoms with van der Waals surface area (Å²) in [6, 6.07) is 4.78. The predicted molar refractivity (Wildman–Crippen MR) is 76.2 cm³/mol. The highest BCUT2D eigenvalue weighted by Crippen LogP contribution is 2.25. The lowest BCUT2D eigenvalue weighted by Crippen LogP contribution is -2.07. The lowest BCUT2D eigenvalue weighted by Gasteiger charge is -2.10. The van der Waals surface area contributed by atoms with Crippen LogP contribution in [0.5, 0.6) is 0 Å². The Balaban J connectivity index is 2.15. The standard InChI is InChI=1S/C14H13BrFNO3/c1-8-5-11(16)10(15)6-12(8)17-7-9-3-4-20-13(9)14(18)19-2/h3-6,17H,7H2,1-2H3. The summed E-state index contributed by atoms with van der Waals surface area (Å²) in [6.07, 6.45) is 1.43. The Morgan fingerprint density at radius 2 is 2.25 bits per heavy atom. The number of carbonyl (C=O) groups is 1. The third-order valence-electron chi connectivity index (χ3n) is 2.85. The van der Waals surface area contributed by atoms with Gasteiger partial charge in [-0.1, -0.05) is 0 Å². The van der Waals surface area contributed by atoms with Crippen LogP contribution in [-0.2, 0) is 11.3 Å². The quantitative estimate of drug-likeness (QED) is 0.857. The average molecular weight is 342 g/mol. The maximum Gasteiger partial charge on any atom is 0.374 e. The van der Waals surface area contributed by atoms with Crippen LogP contribution in [0.25, 0.3) is 0 Å². The summed E-state index contributed by atoms with van der Waals surface area (Å²) in [7, 11) is 1.29. The molecule has 0 amide bonds. The molecular weight excluding hydrogens is 329 g/mol. The molecule has 2 aromatic rings. The number of carbonyl (C=O) groups excluding carboxylic acids is 1. The van der Waals surface area contributed by atoms with Gasteiger partial charge in [0.25, 0.3) is 0 Å². The number of hydrogen-bond donors (Lipinski definition) is 1. The summed E-state index contributed by atoms with van der Waals surface area (Å²) >= 11 is 3.14. The first-order chi connectivity index (χ1) is 9.52. The van der Waals surface area contributed by atoms with E-state index >= 15 is 0 Å². The van der Waals surface area contributed by atoms with Gasteiger partial charge in [0.05, 0.1) is 17.8 Å². The van der Waals surface area contributed by atoms with Gasteiger partial charge in [0.2, 0.25) is 5.76 Å². The van der Waals surface area contributed by atoms with Crippen molar-refractivity contribution in [1.29, 1.82) is 0 Å². The maximum atomic E-state index is 13.3. The van der Waals surface area contributed by atoms with Gasteiger partial charge in [-0.15, -0.1) is 0 Å². The van der Waals surface area contributed by atoms with Crippen LogP contribution in [0.2, 0.25) is 0 Å². The van der Waals surface area contributed by atoms with E-state index in [2.05, 4.69) is 26.0 Å². The number of halogens is 2. The molecule has 0 aliphatic carbocycles. The molecule has 1 aromatic carbocycles. The molecule has 6 heteroatoms. The van der Waals surface area contributed by atoms with Crippen molar-refractivity contribution < 1.29 is 18.3 Å². The fraction of sp³-hybridized carbons (Fsp3) is 0.214. The van der Waals surface area contributed by atoms with E-state index in [1.54, 1.807) is 19.1 Å². The molecule has 0 atom stereocenters. The van der Waals surface area contributed by atoms with Crippen LogP contribution in [0.3, 0.4) is 0 Å². The van der Waals surface area contributed by atoms with Crippen molar-refractivity contribution in [3.05, 3.63) is 51.6 Å². The van der Waals surface area contributed by atoms with Gasteiger partial charge in [-0.25, -0.2) is 9.18 Å². The molecule has 1 N–H and O–H groups in total. The Hall–Kier alpha value is -1.82. The number of nitrogens with one attached hydrogen (secondary N) is 1. The highest BCUT2D eigenvalue weighted by molar-refractivity contribution is 9.10. The Morgan fingerprint density at radius 3 is 2.95 bits per heavy atom. The average Bonchev–Trinajstić information content (AvgIpc) is 2.89. The Bertz CT molecular complexity index is 639. The fourth-order valence-electron chi connectivity index (χ4n) is 1.77. The first kappa shape index (κ1) is 14.6. The van der Waals surface area contributed by atoms with Gasteiger partial charge in [-0.05, 0) is 46.6 Å². The number of furan rings is 1. The number of rotatable bonds is 4. The van der Waals surface area contributed by atoms with Gasteiger partial charge < -0.3 is 14.5 Å². The second-order valence-corrected chi connectivity index (χ2v) is 5.06. The van der Waals surface area contributed by atoms with E-state index in [4.69, 9.17) is 4.42 Å². The van der Waals surface area contributed by atoms with Crippen LogP contribution in [0.15, 0.2) is 33.4 Å². The summed E-state index contributed by atoms with van der Waals surface area (Å²) < 4.78 is 23.4. The molecule has 1 heterocycles. The zero-order chi connectivity index (χ0) is 14.7. The number of anilines is 1. The number of hydrogen-bond acceptors (Lipinski definition) is 4. The van der Waals surface area contributed by atoms with E-state index in [1.807, 2.05) is 0 Å². The predicted octanol–water partition coefficient (Wildman–Crippen LogP) is 3.89. The number of aryl methyl sites for hydroxylation is 1. The summed E-state index contributed by atoms with van der Waals surface area (Å²) in [6.45, 7) is 2.17. The molecule has 0 saturated carbocycles. The van der Waals surface area contributed by atoms with E-state index in [-0.39, 0.29) is 11.6 Å². The lowest BCUT2D eigenvalue weighted by molar-refractivity contribution is 0.0563. The minimum absolute atomic E-state index is 0.166. The van der Waals surface area contributed by atoms with Crippen molar-refractivity contribution in [3.63, 3.8) is 0 Å². The van der Waals surface area contributed by atoms with E-state index in [0.717, 1.165) is 11.3 Å². The second-order valence-electron chi connectivity index (χ2n) is 4.20. The molecule has 0 spiro atoms. The molecule has 2 rings (SSSR count). The minimum Gasteiger partial charge on any atom is -0.463 e. The van der Waals surface area contributed by atoms with Crippen molar-refractivity contribution >= 4 is 27.6 Å². The summed E-state index contributed by atoms with van der Waals surface area (Å²) in [5.74, 6) is -0.672. The van der Waals surface area contributed by atoms with Crippen LogP contribution in [-0.4, -0.2) is 13.1 Å². The summed E-state index contributed by atoms with van der Waals surface area (Å²) in [5.41, 5.74) is 2.22. The van der Waals surface area contributed by atoms with Gasteiger partial charge in [0.1, 0.15) is 5.82 Å². The largest absolute Gasteiger partial charge is 0.463 e. The highest BCUT2D eigenvalue weighted by Gasteiger charge is 2.15. The molecule has 0 unspecified atom stereocenters. The Labute approximate surface area is 124 Å². The topological polar surface area (TPSA) is 51.5 Å². The van der Waals surface area contributed by atoms with E-state index in [9.17, 15) is 9.18 Å². The van der Waals surface area contributed by atoms with Gasteiger partial charge in [0.15, 0.2) is 0 Å². The Kier molecular flexibility index (Phi) is 4.44. The third kappa shape index (κ3) is 3.01. The molecule has 0 fully saturated rings. The number of ether oxygens (including phenoxy) is 1. The zero-order valence-corrected chi connectivity index (χ0v) is 12.6. The summed E-state index contributed by atoms with van der Waals surface area (Å²) in [4.78, 5) is 11.5. The number of benzene rings is 1. The molecule has 106 valence electrons. The smallest absolute Gasteiger partial charge is 0.374 e. The fourth-order valence-corrected chi connectivity index (χ4v) is 2.12. The normalized spacial score (nSPS) is 10.4. The highest BCUT2D eigenvalue weighted by atomic mass is 79.9. The van der Waals surface area contributed by atoms with Crippen molar-refractivity contribution in [2.45, 2.75) is 13.5 Å². The molecular formula is C14H13BrFNO3. The molecule has 0 radical (unpaired) electrons. The van der Waals surface area contributed by atoms with Gasteiger partial charge in [-0.3, -0.25) is 0 Å². The molecule has 0 saturated heterocycles. The molecule has 1 aromatic heterocycles. The van der Waals surface area contributed by atoms with Crippen molar-refractivity contribution in [1.82, 2.24) is 0 Å². The van der Waals surface area contributed by atoms with Gasteiger partial charge in [-0.2, -0.15) is 0 Å². The van der Waals surface area contributed by atoms with Crippen molar-refractivity contribution in [3.8, 4) is 0 Å². The van der Waals surface area contributed by atoms with E-state index in [0.29, 0.717) is 16.6 Å². The first-order valence-electron chi connectivity index (χ1n) is 5.87. The SMILES string of the molecule is COC(=O)c1occc1CNc1cc(Br)c(F)cc1C. The second kappa shape index (κ2) is 6.09. The monoisotopic (exact) mass is 341 g/mol.